The first kappa shape index (κ1) is 11.3. The zero-order valence-corrected chi connectivity index (χ0v) is 10.2. The van der Waals surface area contributed by atoms with Gasteiger partial charge >= 0.3 is 0 Å². The molecule has 0 atom stereocenters. The van der Waals surface area contributed by atoms with E-state index in [-0.39, 0.29) is 5.60 Å². The number of rotatable bonds is 1. The maximum atomic E-state index is 5.53. The fraction of sp³-hybridized carbons (Fsp3) is 0.667. The topological polar surface area (TPSA) is 38.2 Å². The summed E-state index contributed by atoms with van der Waals surface area (Å²) in [5.74, 6) is 0.830. The highest BCUT2D eigenvalue weighted by Gasteiger charge is 2.49. The summed E-state index contributed by atoms with van der Waals surface area (Å²) in [7, 11) is 0. The van der Waals surface area contributed by atoms with E-state index in [0.717, 1.165) is 31.2 Å². The maximum absolute atomic E-state index is 5.53. The molecule has 0 aliphatic carbocycles. The SMILES string of the molecule is CC.Cc1cnc(N2CC3(CCO3)C2)nc1. The van der Waals surface area contributed by atoms with Crippen molar-refractivity contribution in [2.45, 2.75) is 32.8 Å². The highest BCUT2D eigenvalue weighted by molar-refractivity contribution is 5.38. The Morgan fingerprint density at radius 2 is 1.81 bits per heavy atom. The van der Waals surface area contributed by atoms with Gasteiger partial charge in [0.25, 0.3) is 0 Å². The molecule has 3 rings (SSSR count). The van der Waals surface area contributed by atoms with E-state index < -0.39 is 0 Å². The van der Waals surface area contributed by atoms with Crippen LogP contribution in [-0.2, 0) is 4.74 Å². The Hall–Kier alpha value is -1.16. The van der Waals surface area contributed by atoms with Crippen molar-refractivity contribution in [1.82, 2.24) is 9.97 Å². The molecule has 2 aliphatic heterocycles. The van der Waals surface area contributed by atoms with Crippen molar-refractivity contribution in [1.29, 1.82) is 0 Å². The number of hydrogen-bond donors (Lipinski definition) is 0. The largest absolute Gasteiger partial charge is 0.371 e. The normalized spacial score (nSPS) is 20.6. The third-order valence-electron chi connectivity index (χ3n) is 2.97. The van der Waals surface area contributed by atoms with E-state index in [1.165, 1.54) is 6.42 Å². The Morgan fingerprint density at radius 3 is 2.25 bits per heavy atom. The molecule has 1 spiro atoms. The molecule has 2 aliphatic rings. The second-order valence-corrected chi connectivity index (χ2v) is 4.20. The number of anilines is 1. The monoisotopic (exact) mass is 221 g/mol. The molecular weight excluding hydrogens is 202 g/mol. The van der Waals surface area contributed by atoms with Crippen LogP contribution in [0.4, 0.5) is 5.95 Å². The van der Waals surface area contributed by atoms with Gasteiger partial charge in [0.05, 0.1) is 19.7 Å². The molecule has 2 saturated heterocycles. The van der Waals surface area contributed by atoms with E-state index in [2.05, 4.69) is 14.9 Å². The average Bonchev–Trinajstić information content (AvgIpc) is 2.20. The fourth-order valence-corrected chi connectivity index (χ4v) is 1.98. The number of aromatic nitrogens is 2. The van der Waals surface area contributed by atoms with Gasteiger partial charge in [-0.15, -0.1) is 0 Å². The summed E-state index contributed by atoms with van der Waals surface area (Å²) in [4.78, 5) is 10.7. The minimum absolute atomic E-state index is 0.161. The van der Waals surface area contributed by atoms with Crippen molar-refractivity contribution >= 4 is 5.95 Å². The van der Waals surface area contributed by atoms with Gasteiger partial charge in [-0.2, -0.15) is 0 Å². The molecule has 0 radical (unpaired) electrons. The van der Waals surface area contributed by atoms with E-state index in [1.807, 2.05) is 33.2 Å². The van der Waals surface area contributed by atoms with E-state index in [4.69, 9.17) is 4.74 Å². The molecule has 3 heterocycles. The summed E-state index contributed by atoms with van der Waals surface area (Å²) in [5.41, 5.74) is 1.26. The first-order valence-corrected chi connectivity index (χ1v) is 5.95. The summed E-state index contributed by atoms with van der Waals surface area (Å²) in [6.07, 6.45) is 4.90. The summed E-state index contributed by atoms with van der Waals surface area (Å²) in [6, 6.07) is 0. The Bertz CT molecular complexity index is 338. The van der Waals surface area contributed by atoms with Crippen LogP contribution in [0.15, 0.2) is 12.4 Å². The van der Waals surface area contributed by atoms with Crippen molar-refractivity contribution in [3.8, 4) is 0 Å². The number of hydrogen-bond acceptors (Lipinski definition) is 4. The molecule has 0 unspecified atom stereocenters. The van der Waals surface area contributed by atoms with Crippen LogP contribution in [0.1, 0.15) is 25.8 Å². The van der Waals surface area contributed by atoms with Crippen molar-refractivity contribution in [3.05, 3.63) is 18.0 Å². The van der Waals surface area contributed by atoms with Gasteiger partial charge in [0.1, 0.15) is 5.60 Å². The maximum Gasteiger partial charge on any atom is 0.225 e. The number of aryl methyl sites for hydroxylation is 1. The zero-order valence-electron chi connectivity index (χ0n) is 10.2. The quantitative estimate of drug-likeness (QED) is 0.724. The molecule has 16 heavy (non-hydrogen) atoms. The summed E-state index contributed by atoms with van der Waals surface area (Å²) >= 11 is 0. The standard InChI is InChI=1S/C10H13N3O.C2H6/c1-8-4-11-9(12-5-8)13-6-10(7-13)2-3-14-10;1-2/h4-5H,2-3,6-7H2,1H3;1-2H3. The van der Waals surface area contributed by atoms with E-state index in [0.29, 0.717) is 0 Å². The third-order valence-corrected chi connectivity index (χ3v) is 2.97. The third kappa shape index (κ3) is 1.89. The van der Waals surface area contributed by atoms with Gasteiger partial charge < -0.3 is 9.64 Å². The van der Waals surface area contributed by atoms with Crippen molar-refractivity contribution in [2.75, 3.05) is 24.6 Å². The van der Waals surface area contributed by atoms with Gasteiger partial charge in [-0.05, 0) is 12.5 Å². The summed E-state index contributed by atoms with van der Waals surface area (Å²) in [5, 5.41) is 0. The highest BCUT2D eigenvalue weighted by Crippen LogP contribution is 2.37. The molecule has 4 nitrogen and oxygen atoms in total. The van der Waals surface area contributed by atoms with E-state index in [9.17, 15) is 0 Å². The number of ether oxygens (including phenoxy) is 1. The van der Waals surface area contributed by atoms with Gasteiger partial charge in [-0.25, -0.2) is 9.97 Å². The summed E-state index contributed by atoms with van der Waals surface area (Å²) in [6.45, 7) is 8.82. The lowest BCUT2D eigenvalue weighted by molar-refractivity contribution is -0.161. The molecule has 1 aromatic rings. The minimum atomic E-state index is 0.161. The molecule has 0 saturated carbocycles. The van der Waals surface area contributed by atoms with Gasteiger partial charge in [0, 0.05) is 18.8 Å². The van der Waals surface area contributed by atoms with Gasteiger partial charge in [0.15, 0.2) is 0 Å². The summed E-state index contributed by atoms with van der Waals surface area (Å²) < 4.78 is 5.53. The van der Waals surface area contributed by atoms with Crippen molar-refractivity contribution < 1.29 is 4.74 Å². The smallest absolute Gasteiger partial charge is 0.225 e. The Morgan fingerprint density at radius 1 is 1.25 bits per heavy atom. The Kier molecular flexibility index (Phi) is 3.10. The van der Waals surface area contributed by atoms with Crippen LogP contribution in [0.25, 0.3) is 0 Å². The minimum Gasteiger partial charge on any atom is -0.371 e. The second kappa shape index (κ2) is 4.37. The predicted octanol–water partition coefficient (Wildman–Crippen LogP) is 1.79. The van der Waals surface area contributed by atoms with Crippen LogP contribution < -0.4 is 4.90 Å². The van der Waals surface area contributed by atoms with Crippen molar-refractivity contribution in [2.24, 2.45) is 0 Å². The van der Waals surface area contributed by atoms with Crippen LogP contribution in [0.3, 0.4) is 0 Å². The van der Waals surface area contributed by atoms with Crippen LogP contribution >= 0.6 is 0 Å². The lowest BCUT2D eigenvalue weighted by Crippen LogP contribution is -2.68. The zero-order chi connectivity index (χ0) is 11.6. The highest BCUT2D eigenvalue weighted by atomic mass is 16.5. The molecule has 2 fully saturated rings. The Balaban J connectivity index is 0.000000457. The van der Waals surface area contributed by atoms with Crippen LogP contribution in [0, 0.1) is 6.92 Å². The predicted molar refractivity (Wildman–Crippen MR) is 63.6 cm³/mol. The first-order chi connectivity index (χ1) is 7.77. The molecule has 4 heteroatoms. The molecule has 0 aromatic carbocycles. The van der Waals surface area contributed by atoms with Crippen LogP contribution in [0.5, 0.6) is 0 Å². The van der Waals surface area contributed by atoms with E-state index >= 15 is 0 Å². The van der Waals surface area contributed by atoms with Crippen molar-refractivity contribution in [3.63, 3.8) is 0 Å². The molecular formula is C12H19N3O. The molecule has 1 aromatic heterocycles. The van der Waals surface area contributed by atoms with Gasteiger partial charge in [-0.3, -0.25) is 0 Å². The lowest BCUT2D eigenvalue weighted by Gasteiger charge is -2.54. The van der Waals surface area contributed by atoms with E-state index in [1.54, 1.807) is 0 Å². The van der Waals surface area contributed by atoms with Crippen LogP contribution in [-0.4, -0.2) is 35.3 Å². The molecule has 0 amide bonds. The van der Waals surface area contributed by atoms with Gasteiger partial charge in [0.2, 0.25) is 5.95 Å². The average molecular weight is 221 g/mol. The second-order valence-electron chi connectivity index (χ2n) is 4.20. The van der Waals surface area contributed by atoms with Crippen LogP contribution in [0.2, 0.25) is 0 Å². The molecule has 0 bridgehead atoms. The lowest BCUT2D eigenvalue weighted by atomic mass is 9.87. The molecule has 88 valence electrons. The molecule has 0 N–H and O–H groups in total. The Labute approximate surface area is 96.7 Å². The number of nitrogens with zero attached hydrogens (tertiary/aromatic N) is 3. The van der Waals surface area contributed by atoms with Gasteiger partial charge in [-0.1, -0.05) is 13.8 Å². The first-order valence-electron chi connectivity index (χ1n) is 5.95. The fourth-order valence-electron chi connectivity index (χ4n) is 1.98.